The third-order valence-electron chi connectivity index (χ3n) is 6.18. The van der Waals surface area contributed by atoms with Gasteiger partial charge in [-0.25, -0.2) is 13.4 Å². The van der Waals surface area contributed by atoms with Crippen molar-refractivity contribution in [2.24, 2.45) is 0 Å². The second-order valence-electron chi connectivity index (χ2n) is 9.47. The summed E-state index contributed by atoms with van der Waals surface area (Å²) in [5.41, 5.74) is 2.83. The number of methoxy groups -OCH3 is 1. The number of aryl methyl sites for hydroxylation is 2. The van der Waals surface area contributed by atoms with Gasteiger partial charge in [0.15, 0.2) is 0 Å². The van der Waals surface area contributed by atoms with E-state index in [0.717, 1.165) is 26.6 Å². The van der Waals surface area contributed by atoms with Gasteiger partial charge in [0.25, 0.3) is 0 Å². The lowest BCUT2D eigenvalue weighted by Crippen LogP contribution is -2.43. The number of nitrogens with one attached hydrogen (secondary N) is 1. The van der Waals surface area contributed by atoms with E-state index in [1.807, 2.05) is 49.3 Å². The van der Waals surface area contributed by atoms with Crippen LogP contribution in [0.25, 0.3) is 10.9 Å². The van der Waals surface area contributed by atoms with Gasteiger partial charge in [0.1, 0.15) is 11.6 Å². The van der Waals surface area contributed by atoms with Crippen LogP contribution in [-0.2, 0) is 26.2 Å². The average molecular weight is 542 g/mol. The molecule has 0 aliphatic carbocycles. The molecule has 0 aliphatic rings. The summed E-state index contributed by atoms with van der Waals surface area (Å²) in [4.78, 5) is 33.3. The van der Waals surface area contributed by atoms with Crippen LogP contribution in [0.2, 0.25) is 0 Å². The maximum absolute atomic E-state index is 13.1. The largest absolute Gasteiger partial charge is 0.497 e. The number of hydrogen-bond donors (Lipinski definition) is 1. The van der Waals surface area contributed by atoms with Crippen LogP contribution in [0.4, 0.5) is 5.82 Å². The third-order valence-corrected chi connectivity index (χ3v) is 8.29. The highest BCUT2D eigenvalue weighted by atomic mass is 32.2. The SMILES string of the molecule is COc1cc(C)c(S(=O)(=O)N(C)CC(=O)NCC(=O)N(C)Cc2ccc3nc(N(C)C)ccc3c2)c(C)c1. The summed E-state index contributed by atoms with van der Waals surface area (Å²) in [5, 5.41) is 3.49. The fourth-order valence-electron chi connectivity index (χ4n) is 4.12. The molecule has 1 aromatic heterocycles. The van der Waals surface area contributed by atoms with E-state index in [2.05, 4.69) is 10.3 Å². The highest BCUT2D eigenvalue weighted by molar-refractivity contribution is 7.89. The Kier molecular flexibility index (Phi) is 8.95. The molecule has 204 valence electrons. The first-order chi connectivity index (χ1) is 17.8. The molecule has 2 aromatic carbocycles. The molecule has 0 fully saturated rings. The molecule has 2 amide bonds. The number of benzene rings is 2. The Morgan fingerprint density at radius 3 is 2.24 bits per heavy atom. The van der Waals surface area contributed by atoms with Crippen LogP contribution in [0.1, 0.15) is 16.7 Å². The van der Waals surface area contributed by atoms with Crippen LogP contribution < -0.4 is 15.0 Å². The summed E-state index contributed by atoms with van der Waals surface area (Å²) < 4.78 is 32.4. The maximum Gasteiger partial charge on any atom is 0.243 e. The van der Waals surface area contributed by atoms with Crippen LogP contribution in [0.3, 0.4) is 0 Å². The smallest absolute Gasteiger partial charge is 0.243 e. The van der Waals surface area contributed by atoms with E-state index in [-0.39, 0.29) is 17.3 Å². The van der Waals surface area contributed by atoms with Gasteiger partial charge in [0, 0.05) is 40.1 Å². The van der Waals surface area contributed by atoms with Gasteiger partial charge in [-0.2, -0.15) is 4.31 Å². The van der Waals surface area contributed by atoms with Gasteiger partial charge in [-0.3, -0.25) is 9.59 Å². The number of ether oxygens (including phenoxy) is 1. The Labute approximate surface area is 224 Å². The normalized spacial score (nSPS) is 11.5. The summed E-state index contributed by atoms with van der Waals surface area (Å²) in [5.74, 6) is 0.545. The number of aromatic nitrogens is 1. The lowest BCUT2D eigenvalue weighted by atomic mass is 10.1. The molecule has 38 heavy (non-hydrogen) atoms. The van der Waals surface area contributed by atoms with E-state index < -0.39 is 22.5 Å². The number of sulfonamides is 1. The van der Waals surface area contributed by atoms with Gasteiger partial charge in [-0.05, 0) is 66.9 Å². The predicted octanol–water partition coefficient (Wildman–Crippen LogP) is 2.32. The number of fused-ring (bicyclic) bond motifs is 1. The number of amides is 2. The van der Waals surface area contributed by atoms with E-state index in [1.165, 1.54) is 19.1 Å². The average Bonchev–Trinajstić information content (AvgIpc) is 2.85. The highest BCUT2D eigenvalue weighted by Gasteiger charge is 2.27. The molecular weight excluding hydrogens is 506 g/mol. The summed E-state index contributed by atoms with van der Waals surface area (Å²) in [6, 6.07) is 13.0. The van der Waals surface area contributed by atoms with Gasteiger partial charge in [-0.1, -0.05) is 6.07 Å². The summed E-state index contributed by atoms with van der Waals surface area (Å²) >= 11 is 0. The number of carbonyl (C=O) groups excluding carboxylic acids is 2. The van der Waals surface area contributed by atoms with Crippen LogP contribution in [-0.4, -0.2) is 82.8 Å². The minimum atomic E-state index is -3.93. The fraction of sp³-hybridized carbons (Fsp3) is 0.370. The molecule has 0 bridgehead atoms. The molecule has 0 unspecified atom stereocenters. The second kappa shape index (κ2) is 11.8. The van der Waals surface area contributed by atoms with Gasteiger partial charge >= 0.3 is 0 Å². The van der Waals surface area contributed by atoms with Gasteiger partial charge in [-0.15, -0.1) is 0 Å². The van der Waals surface area contributed by atoms with Crippen LogP contribution in [0.5, 0.6) is 5.75 Å². The van der Waals surface area contributed by atoms with E-state index in [0.29, 0.717) is 23.4 Å². The zero-order valence-electron chi connectivity index (χ0n) is 22.9. The third kappa shape index (κ3) is 6.59. The van der Waals surface area contributed by atoms with Crippen molar-refractivity contribution >= 4 is 38.6 Å². The quantitative estimate of drug-likeness (QED) is 0.419. The topological polar surface area (TPSA) is 112 Å². The fourth-order valence-corrected chi connectivity index (χ4v) is 5.65. The standard InChI is InChI=1S/C27H35N5O5S/c1-18-12-22(37-7)13-19(2)27(18)38(35,36)32(6)17-25(33)28-15-26(34)31(5)16-20-8-10-23-21(14-20)9-11-24(29-23)30(3)4/h8-14H,15-17H2,1-7H3,(H,28,33). The maximum atomic E-state index is 13.1. The van der Waals surface area contributed by atoms with Crippen molar-refractivity contribution in [2.75, 3.05) is 53.3 Å². The van der Waals surface area contributed by atoms with E-state index in [9.17, 15) is 18.0 Å². The summed E-state index contributed by atoms with van der Waals surface area (Å²) in [6.45, 7) is 3.04. The summed E-state index contributed by atoms with van der Waals surface area (Å²) in [7, 11) is 4.43. The number of pyridine rings is 1. The Balaban J connectivity index is 1.57. The number of hydrogen-bond acceptors (Lipinski definition) is 7. The monoisotopic (exact) mass is 541 g/mol. The molecule has 0 aliphatic heterocycles. The Bertz CT molecular complexity index is 1430. The van der Waals surface area contributed by atoms with Crippen molar-refractivity contribution in [3.05, 3.63) is 59.2 Å². The number of likely N-dealkylation sites (N-methyl/N-ethyl adjacent to an activating group) is 2. The van der Waals surface area contributed by atoms with Crippen LogP contribution in [0.15, 0.2) is 47.4 Å². The van der Waals surface area contributed by atoms with E-state index >= 15 is 0 Å². The minimum absolute atomic E-state index is 0.132. The lowest BCUT2D eigenvalue weighted by Gasteiger charge is -2.21. The first kappa shape index (κ1) is 28.9. The number of carbonyl (C=O) groups is 2. The first-order valence-corrected chi connectivity index (χ1v) is 13.5. The van der Waals surface area contributed by atoms with E-state index in [1.54, 1.807) is 33.0 Å². The Hall–Kier alpha value is -3.70. The number of nitrogens with zero attached hydrogens (tertiary/aromatic N) is 4. The van der Waals surface area contributed by atoms with Crippen molar-refractivity contribution in [1.29, 1.82) is 0 Å². The molecule has 10 nitrogen and oxygen atoms in total. The van der Waals surface area contributed by atoms with Gasteiger partial charge in [0.05, 0.1) is 30.6 Å². The Morgan fingerprint density at radius 2 is 1.63 bits per heavy atom. The van der Waals surface area contributed by atoms with Crippen molar-refractivity contribution in [3.8, 4) is 5.75 Å². The van der Waals surface area contributed by atoms with Crippen LogP contribution >= 0.6 is 0 Å². The molecule has 0 saturated heterocycles. The number of rotatable bonds is 10. The van der Waals surface area contributed by atoms with Crippen LogP contribution in [0, 0.1) is 13.8 Å². The van der Waals surface area contributed by atoms with Gasteiger partial charge in [0.2, 0.25) is 21.8 Å². The van der Waals surface area contributed by atoms with Gasteiger partial charge < -0.3 is 19.9 Å². The molecule has 0 radical (unpaired) electrons. The zero-order chi connectivity index (χ0) is 28.2. The molecular formula is C27H35N5O5S. The second-order valence-corrected chi connectivity index (χ2v) is 11.5. The number of anilines is 1. The van der Waals surface area contributed by atoms with E-state index in [4.69, 9.17) is 4.74 Å². The summed E-state index contributed by atoms with van der Waals surface area (Å²) in [6.07, 6.45) is 0. The molecule has 0 saturated carbocycles. The first-order valence-electron chi connectivity index (χ1n) is 12.0. The van der Waals surface area contributed by atoms with Crippen molar-refractivity contribution in [2.45, 2.75) is 25.3 Å². The highest BCUT2D eigenvalue weighted by Crippen LogP contribution is 2.27. The lowest BCUT2D eigenvalue weighted by molar-refractivity contribution is -0.132. The molecule has 0 atom stereocenters. The zero-order valence-corrected chi connectivity index (χ0v) is 23.7. The van der Waals surface area contributed by atoms with Crippen molar-refractivity contribution in [3.63, 3.8) is 0 Å². The molecule has 0 spiro atoms. The van der Waals surface area contributed by atoms with Crippen molar-refractivity contribution < 1.29 is 22.7 Å². The molecule has 11 heteroatoms. The molecule has 1 N–H and O–H groups in total. The molecule has 3 rings (SSSR count). The van der Waals surface area contributed by atoms with Crippen molar-refractivity contribution in [1.82, 2.24) is 19.5 Å². The molecule has 3 aromatic rings. The molecule has 1 heterocycles. The Morgan fingerprint density at radius 1 is 0.974 bits per heavy atom. The minimum Gasteiger partial charge on any atom is -0.497 e. The predicted molar refractivity (Wildman–Crippen MR) is 148 cm³/mol.